The Bertz CT molecular complexity index is 388. The summed E-state index contributed by atoms with van der Waals surface area (Å²) < 4.78 is 5.38. The number of unbranched alkanes of at least 4 members (excludes halogenated alkanes) is 2. The van der Waals surface area contributed by atoms with Gasteiger partial charge in [0.1, 0.15) is 6.61 Å². The van der Waals surface area contributed by atoms with Crippen LogP contribution in [0.25, 0.3) is 0 Å². The number of carbonyl (C=O) groups excluding carboxylic acids is 1. The van der Waals surface area contributed by atoms with Crippen LogP contribution in [-0.4, -0.2) is 30.2 Å². The summed E-state index contributed by atoms with van der Waals surface area (Å²) in [5.41, 5.74) is 5.95. The predicted molar refractivity (Wildman–Crippen MR) is 95.7 cm³/mol. The van der Waals surface area contributed by atoms with Crippen LogP contribution in [-0.2, 0) is 11.3 Å². The Morgan fingerprint density at radius 2 is 2.09 bits per heavy atom. The fourth-order valence-corrected chi connectivity index (χ4v) is 2.71. The van der Waals surface area contributed by atoms with Crippen molar-refractivity contribution in [3.05, 3.63) is 22.4 Å². The molecule has 6 heteroatoms. The van der Waals surface area contributed by atoms with Crippen molar-refractivity contribution in [3.8, 4) is 0 Å². The van der Waals surface area contributed by atoms with Gasteiger partial charge in [0.25, 0.3) is 0 Å². The lowest BCUT2D eigenvalue weighted by molar-refractivity contribution is 0.0931. The molecule has 0 bridgehead atoms. The summed E-state index contributed by atoms with van der Waals surface area (Å²) in [5.74, 6) is 0. The van der Waals surface area contributed by atoms with E-state index in [1.165, 1.54) is 4.88 Å². The third-order valence-electron chi connectivity index (χ3n) is 3.32. The number of rotatable bonds is 10. The lowest BCUT2D eigenvalue weighted by atomic mass is 10.1. The summed E-state index contributed by atoms with van der Waals surface area (Å²) >= 11 is 1.66. The van der Waals surface area contributed by atoms with Crippen molar-refractivity contribution in [1.29, 1.82) is 0 Å². The highest BCUT2D eigenvalue weighted by atomic mass is 35.5. The first-order valence-corrected chi connectivity index (χ1v) is 8.75. The number of amides is 1. The summed E-state index contributed by atoms with van der Waals surface area (Å²) in [4.78, 5) is 15.2. The van der Waals surface area contributed by atoms with Gasteiger partial charge in [0.2, 0.25) is 0 Å². The highest BCUT2D eigenvalue weighted by Gasteiger charge is 2.16. The molecular formula is C16H29ClN2O2S. The number of ether oxygens (including phenoxy) is 1. The van der Waals surface area contributed by atoms with Gasteiger partial charge < -0.3 is 15.4 Å². The molecule has 22 heavy (non-hydrogen) atoms. The van der Waals surface area contributed by atoms with E-state index in [0.717, 1.165) is 38.6 Å². The molecular weight excluding hydrogens is 320 g/mol. The van der Waals surface area contributed by atoms with Gasteiger partial charge in [-0.2, -0.15) is 0 Å². The Balaban J connectivity index is 0.00000441. The van der Waals surface area contributed by atoms with Crippen molar-refractivity contribution in [1.82, 2.24) is 4.90 Å². The molecule has 0 aliphatic rings. The maximum atomic E-state index is 12.2. The van der Waals surface area contributed by atoms with E-state index < -0.39 is 0 Å². The monoisotopic (exact) mass is 348 g/mol. The molecule has 2 N–H and O–H groups in total. The SMILES string of the molecule is CCCC[C@@H](N)COC(=O)N(CCCC)Cc1cccs1.Cl. The lowest BCUT2D eigenvalue weighted by Gasteiger charge is -2.22. The maximum absolute atomic E-state index is 12.2. The van der Waals surface area contributed by atoms with Gasteiger partial charge in [0.15, 0.2) is 0 Å². The predicted octanol–water partition coefficient (Wildman–Crippen LogP) is 4.43. The molecule has 1 heterocycles. The van der Waals surface area contributed by atoms with Crippen molar-refractivity contribution >= 4 is 29.8 Å². The van der Waals surface area contributed by atoms with Gasteiger partial charge in [-0.25, -0.2) is 4.79 Å². The topological polar surface area (TPSA) is 55.6 Å². The van der Waals surface area contributed by atoms with Crippen molar-refractivity contribution in [2.45, 2.75) is 58.5 Å². The Morgan fingerprint density at radius 3 is 2.68 bits per heavy atom. The summed E-state index contributed by atoms with van der Waals surface area (Å²) in [6, 6.07) is 4.00. The van der Waals surface area contributed by atoms with E-state index in [1.807, 2.05) is 17.5 Å². The molecule has 0 aromatic carbocycles. The molecule has 128 valence electrons. The molecule has 0 saturated carbocycles. The summed E-state index contributed by atoms with van der Waals surface area (Å²) in [5, 5.41) is 2.03. The second-order valence-corrected chi connectivity index (χ2v) is 6.37. The van der Waals surface area contributed by atoms with Gasteiger partial charge >= 0.3 is 6.09 Å². The molecule has 1 atom stereocenters. The molecule has 0 spiro atoms. The summed E-state index contributed by atoms with van der Waals surface area (Å²) in [7, 11) is 0. The fourth-order valence-electron chi connectivity index (χ4n) is 1.99. The van der Waals surface area contributed by atoms with Gasteiger partial charge in [0.05, 0.1) is 6.54 Å². The summed E-state index contributed by atoms with van der Waals surface area (Å²) in [6.45, 7) is 5.92. The molecule has 0 aliphatic carbocycles. The van der Waals surface area contributed by atoms with E-state index in [1.54, 1.807) is 16.2 Å². The number of halogens is 1. The highest BCUT2D eigenvalue weighted by molar-refractivity contribution is 7.09. The van der Waals surface area contributed by atoms with Gasteiger partial charge in [0, 0.05) is 17.5 Å². The molecule has 1 aromatic heterocycles. The van der Waals surface area contributed by atoms with E-state index in [9.17, 15) is 4.79 Å². The second kappa shape index (κ2) is 12.7. The van der Waals surface area contributed by atoms with Crippen molar-refractivity contribution in [3.63, 3.8) is 0 Å². The largest absolute Gasteiger partial charge is 0.448 e. The van der Waals surface area contributed by atoms with E-state index in [0.29, 0.717) is 13.2 Å². The van der Waals surface area contributed by atoms with Crippen LogP contribution >= 0.6 is 23.7 Å². The quantitative estimate of drug-likeness (QED) is 0.680. The molecule has 1 rings (SSSR count). The minimum atomic E-state index is -0.246. The maximum Gasteiger partial charge on any atom is 0.410 e. The standard InChI is InChI=1S/C16H28N2O2S.ClH/c1-3-5-8-14(17)13-20-16(19)18(10-6-4-2)12-15-9-7-11-21-15;/h7,9,11,14H,3-6,8,10,12-13,17H2,1-2H3;1H/t14-;/m1./s1. The van der Waals surface area contributed by atoms with E-state index in [4.69, 9.17) is 10.5 Å². The van der Waals surface area contributed by atoms with E-state index >= 15 is 0 Å². The number of hydrogen-bond acceptors (Lipinski definition) is 4. The van der Waals surface area contributed by atoms with Crippen LogP contribution in [0, 0.1) is 0 Å². The zero-order chi connectivity index (χ0) is 15.5. The summed E-state index contributed by atoms with van der Waals surface area (Å²) in [6.07, 6.45) is 4.90. The van der Waals surface area contributed by atoms with Crippen molar-refractivity contribution < 1.29 is 9.53 Å². The first kappa shape index (κ1) is 21.2. The average Bonchev–Trinajstić information content (AvgIpc) is 2.99. The van der Waals surface area contributed by atoms with Crippen molar-refractivity contribution in [2.24, 2.45) is 5.73 Å². The van der Waals surface area contributed by atoms with Gasteiger partial charge in [-0.1, -0.05) is 39.2 Å². The van der Waals surface area contributed by atoms with Crippen LogP contribution in [0.2, 0.25) is 0 Å². The smallest absolute Gasteiger partial charge is 0.410 e. The zero-order valence-electron chi connectivity index (χ0n) is 13.6. The van der Waals surface area contributed by atoms with Crippen LogP contribution in [0.4, 0.5) is 4.79 Å². The van der Waals surface area contributed by atoms with Crippen LogP contribution in [0.1, 0.15) is 50.8 Å². The van der Waals surface area contributed by atoms with E-state index in [-0.39, 0.29) is 24.5 Å². The van der Waals surface area contributed by atoms with Crippen molar-refractivity contribution in [2.75, 3.05) is 13.2 Å². The van der Waals surface area contributed by atoms with Crippen LogP contribution in [0.5, 0.6) is 0 Å². The first-order chi connectivity index (χ1) is 10.2. The van der Waals surface area contributed by atoms with Gasteiger partial charge in [-0.15, -0.1) is 23.7 Å². The Morgan fingerprint density at radius 1 is 1.36 bits per heavy atom. The normalized spacial score (nSPS) is 11.6. The Hall–Kier alpha value is -0.780. The van der Waals surface area contributed by atoms with Crippen LogP contribution in [0.3, 0.4) is 0 Å². The lowest BCUT2D eigenvalue weighted by Crippen LogP contribution is -2.35. The third kappa shape index (κ3) is 8.61. The molecule has 0 saturated heterocycles. The first-order valence-electron chi connectivity index (χ1n) is 7.87. The molecule has 1 amide bonds. The highest BCUT2D eigenvalue weighted by Crippen LogP contribution is 2.13. The molecule has 1 aromatic rings. The number of thiophene rings is 1. The minimum Gasteiger partial charge on any atom is -0.448 e. The average molecular weight is 349 g/mol. The minimum absolute atomic E-state index is 0. The molecule has 0 radical (unpaired) electrons. The number of nitrogens with two attached hydrogens (primary N) is 1. The third-order valence-corrected chi connectivity index (χ3v) is 4.18. The number of nitrogens with zero attached hydrogens (tertiary/aromatic N) is 1. The molecule has 4 nitrogen and oxygen atoms in total. The zero-order valence-corrected chi connectivity index (χ0v) is 15.3. The van der Waals surface area contributed by atoms with Gasteiger partial charge in [-0.05, 0) is 24.3 Å². The molecule has 0 unspecified atom stereocenters. The Labute approximate surface area is 144 Å². The molecule has 0 aliphatic heterocycles. The Kier molecular flexibility index (Phi) is 12.3. The van der Waals surface area contributed by atoms with E-state index in [2.05, 4.69) is 13.8 Å². The van der Waals surface area contributed by atoms with Gasteiger partial charge in [-0.3, -0.25) is 0 Å². The fraction of sp³-hybridized carbons (Fsp3) is 0.688. The van der Waals surface area contributed by atoms with Crippen LogP contribution < -0.4 is 5.73 Å². The number of carbonyl (C=O) groups is 1. The van der Waals surface area contributed by atoms with Crippen LogP contribution in [0.15, 0.2) is 17.5 Å². The number of hydrogen-bond donors (Lipinski definition) is 1. The second-order valence-electron chi connectivity index (χ2n) is 5.33. The molecule has 0 fully saturated rings.